The number of alkyl halides is 2. The SMILES string of the molecule is CC1(C)CN(Cc2ccc(C3CC3(Cl)Cl)cc2)CCC1(O)c1ccc2c(n1)CN(C1CCC(=O)NC1=O)C2=O. The third-order valence-corrected chi connectivity index (χ3v) is 9.77. The summed E-state index contributed by atoms with van der Waals surface area (Å²) in [5.41, 5.74) is 2.21. The monoisotopic (exact) mass is 570 g/mol. The van der Waals surface area contributed by atoms with Crippen LogP contribution in [0.15, 0.2) is 36.4 Å². The third-order valence-electron chi connectivity index (χ3n) is 8.94. The summed E-state index contributed by atoms with van der Waals surface area (Å²) >= 11 is 12.4. The van der Waals surface area contributed by atoms with Gasteiger partial charge in [0, 0.05) is 37.4 Å². The van der Waals surface area contributed by atoms with Crippen molar-refractivity contribution < 1.29 is 19.5 Å². The van der Waals surface area contributed by atoms with Crippen LogP contribution in [0.4, 0.5) is 0 Å². The standard InChI is InChI=1S/C29H32Cl2N4O4/c1-27(2)16-34(14-17-3-5-18(6-4-17)20-13-29(20,30)31)12-11-28(27,39)23-9-7-19-21(32-23)15-35(26(19)38)22-8-10-24(36)33-25(22)37/h3-7,9,20,22,39H,8,10-16H2,1-2H3,(H,33,36,37). The molecule has 3 fully saturated rings. The van der Waals surface area contributed by atoms with E-state index in [2.05, 4.69) is 34.5 Å². The number of carbonyl (C=O) groups excluding carboxylic acids is 3. The van der Waals surface area contributed by atoms with Crippen LogP contribution in [-0.4, -0.2) is 61.1 Å². The zero-order chi connectivity index (χ0) is 27.7. The molecule has 1 aliphatic carbocycles. The largest absolute Gasteiger partial charge is 0.383 e. The molecule has 39 heavy (non-hydrogen) atoms. The molecule has 1 aromatic carbocycles. The van der Waals surface area contributed by atoms with Gasteiger partial charge in [-0.2, -0.15) is 0 Å². The van der Waals surface area contributed by atoms with Crippen molar-refractivity contribution in [1.29, 1.82) is 0 Å². The summed E-state index contributed by atoms with van der Waals surface area (Å²) in [5, 5.41) is 14.3. The van der Waals surface area contributed by atoms with Crippen molar-refractivity contribution in [3.63, 3.8) is 0 Å². The van der Waals surface area contributed by atoms with Gasteiger partial charge in [0.25, 0.3) is 5.91 Å². The van der Waals surface area contributed by atoms with Crippen LogP contribution in [0.25, 0.3) is 0 Å². The summed E-state index contributed by atoms with van der Waals surface area (Å²) in [6.45, 7) is 6.40. The van der Waals surface area contributed by atoms with Gasteiger partial charge in [0.1, 0.15) is 16.0 Å². The fraction of sp³-hybridized carbons (Fsp3) is 0.517. The molecule has 8 nitrogen and oxygen atoms in total. The number of imide groups is 1. The van der Waals surface area contributed by atoms with E-state index in [0.717, 1.165) is 18.5 Å². The van der Waals surface area contributed by atoms with Gasteiger partial charge >= 0.3 is 0 Å². The van der Waals surface area contributed by atoms with Gasteiger partial charge in [-0.25, -0.2) is 0 Å². The lowest BCUT2D eigenvalue weighted by atomic mass is 9.68. The lowest BCUT2D eigenvalue weighted by molar-refractivity contribution is -0.137. The lowest BCUT2D eigenvalue weighted by Gasteiger charge is -2.50. The smallest absolute Gasteiger partial charge is 0.256 e. The minimum atomic E-state index is -1.18. The number of aromatic nitrogens is 1. The van der Waals surface area contributed by atoms with E-state index >= 15 is 0 Å². The molecule has 3 amide bonds. The second-order valence-electron chi connectivity index (χ2n) is 12.1. The Bertz CT molecular complexity index is 1360. The average Bonchev–Trinajstić information content (AvgIpc) is 3.40. The van der Waals surface area contributed by atoms with Crippen LogP contribution in [0.3, 0.4) is 0 Å². The highest BCUT2D eigenvalue weighted by Crippen LogP contribution is 2.59. The maximum absolute atomic E-state index is 13.1. The number of benzene rings is 1. The number of likely N-dealkylation sites (tertiary alicyclic amines) is 1. The van der Waals surface area contributed by atoms with Gasteiger partial charge in [-0.3, -0.25) is 29.6 Å². The van der Waals surface area contributed by atoms with Crippen LogP contribution in [0.2, 0.25) is 0 Å². The summed E-state index contributed by atoms with van der Waals surface area (Å²) in [6, 6.07) is 11.2. The number of aliphatic hydroxyl groups is 1. The molecule has 3 atom stereocenters. The number of hydrogen-bond acceptors (Lipinski definition) is 6. The molecule has 1 aromatic heterocycles. The summed E-state index contributed by atoms with van der Waals surface area (Å²) in [5.74, 6) is -0.839. The normalized spacial score (nSPS) is 29.8. The molecule has 206 valence electrons. The second kappa shape index (κ2) is 9.26. The number of amides is 3. The second-order valence-corrected chi connectivity index (χ2v) is 13.6. The van der Waals surface area contributed by atoms with Crippen molar-refractivity contribution in [3.8, 4) is 0 Å². The Balaban J connectivity index is 1.15. The van der Waals surface area contributed by atoms with Gasteiger partial charge in [0.2, 0.25) is 11.8 Å². The van der Waals surface area contributed by atoms with E-state index in [-0.39, 0.29) is 30.7 Å². The van der Waals surface area contributed by atoms with Crippen LogP contribution in [0.1, 0.15) is 78.3 Å². The first kappa shape index (κ1) is 26.7. The van der Waals surface area contributed by atoms with E-state index in [1.807, 2.05) is 13.8 Å². The lowest BCUT2D eigenvalue weighted by Crippen LogP contribution is -2.55. The van der Waals surface area contributed by atoms with Crippen molar-refractivity contribution in [1.82, 2.24) is 20.1 Å². The van der Waals surface area contributed by atoms with Gasteiger partial charge in [-0.1, -0.05) is 38.1 Å². The Labute approximate surface area is 237 Å². The molecule has 3 aliphatic heterocycles. The molecule has 4 aliphatic rings. The van der Waals surface area contributed by atoms with Gasteiger partial charge in [0.15, 0.2) is 0 Å². The average molecular weight is 572 g/mol. The van der Waals surface area contributed by atoms with E-state index in [9.17, 15) is 19.5 Å². The Hall–Kier alpha value is -2.52. The molecular formula is C29H32Cl2N4O4. The molecular weight excluding hydrogens is 539 g/mol. The van der Waals surface area contributed by atoms with Crippen LogP contribution in [0.5, 0.6) is 0 Å². The molecule has 6 rings (SSSR count). The van der Waals surface area contributed by atoms with Crippen LogP contribution >= 0.6 is 23.2 Å². The summed E-state index contributed by atoms with van der Waals surface area (Å²) in [7, 11) is 0. The topological polar surface area (TPSA) is 103 Å². The minimum Gasteiger partial charge on any atom is -0.383 e. The molecule has 4 heterocycles. The fourth-order valence-electron chi connectivity index (χ4n) is 6.39. The zero-order valence-electron chi connectivity index (χ0n) is 22.0. The molecule has 2 aromatic rings. The van der Waals surface area contributed by atoms with E-state index in [1.165, 1.54) is 10.5 Å². The van der Waals surface area contributed by atoms with Crippen molar-refractivity contribution in [2.75, 3.05) is 13.1 Å². The van der Waals surface area contributed by atoms with Crippen LogP contribution < -0.4 is 5.32 Å². The number of rotatable bonds is 5. The Morgan fingerprint density at radius 1 is 1.10 bits per heavy atom. The number of fused-ring (bicyclic) bond motifs is 1. The summed E-state index contributed by atoms with van der Waals surface area (Å²) in [6.07, 6.45) is 1.78. The van der Waals surface area contributed by atoms with E-state index in [1.54, 1.807) is 12.1 Å². The van der Waals surface area contributed by atoms with Crippen LogP contribution in [0, 0.1) is 5.41 Å². The molecule has 0 spiro atoms. The highest BCUT2D eigenvalue weighted by atomic mass is 35.5. The molecule has 3 unspecified atom stereocenters. The van der Waals surface area contributed by atoms with Crippen LogP contribution in [-0.2, 0) is 28.3 Å². The summed E-state index contributed by atoms with van der Waals surface area (Å²) in [4.78, 5) is 45.6. The number of hydrogen-bond donors (Lipinski definition) is 2. The molecule has 10 heteroatoms. The molecule has 2 saturated heterocycles. The number of halogens is 2. The molecule has 0 bridgehead atoms. The Kier molecular flexibility index (Phi) is 6.34. The summed E-state index contributed by atoms with van der Waals surface area (Å²) < 4.78 is -0.634. The Morgan fingerprint density at radius 3 is 2.46 bits per heavy atom. The Morgan fingerprint density at radius 2 is 1.82 bits per heavy atom. The quantitative estimate of drug-likeness (QED) is 0.420. The van der Waals surface area contributed by atoms with Crippen molar-refractivity contribution in [2.45, 2.75) is 74.5 Å². The van der Waals surface area contributed by atoms with Crippen molar-refractivity contribution in [2.24, 2.45) is 5.41 Å². The maximum Gasteiger partial charge on any atom is 0.256 e. The number of pyridine rings is 1. The predicted molar refractivity (Wildman–Crippen MR) is 146 cm³/mol. The van der Waals surface area contributed by atoms with Crippen molar-refractivity contribution in [3.05, 3.63) is 64.5 Å². The molecule has 2 N–H and O–H groups in total. The number of nitrogens with zero attached hydrogens (tertiary/aromatic N) is 3. The van der Waals surface area contributed by atoms with Crippen molar-refractivity contribution >= 4 is 40.9 Å². The highest BCUT2D eigenvalue weighted by Gasteiger charge is 2.53. The van der Waals surface area contributed by atoms with Gasteiger partial charge in [-0.05, 0) is 42.5 Å². The molecule has 0 radical (unpaired) electrons. The number of carbonyl (C=O) groups is 3. The minimum absolute atomic E-state index is 0.183. The number of piperidine rings is 2. The van der Waals surface area contributed by atoms with E-state index < -0.39 is 27.3 Å². The molecule has 1 saturated carbocycles. The van der Waals surface area contributed by atoms with Gasteiger partial charge in [-0.15, -0.1) is 23.2 Å². The van der Waals surface area contributed by atoms with Gasteiger partial charge < -0.3 is 10.0 Å². The van der Waals surface area contributed by atoms with E-state index in [4.69, 9.17) is 28.2 Å². The number of nitrogens with one attached hydrogen (secondary N) is 1. The first-order valence-corrected chi connectivity index (χ1v) is 14.2. The third kappa shape index (κ3) is 4.65. The fourth-order valence-corrected chi connectivity index (χ4v) is 6.95. The first-order valence-electron chi connectivity index (χ1n) is 13.4. The maximum atomic E-state index is 13.1. The highest BCUT2D eigenvalue weighted by molar-refractivity contribution is 6.51. The predicted octanol–water partition coefficient (Wildman–Crippen LogP) is 3.62. The first-order chi connectivity index (χ1) is 18.4. The van der Waals surface area contributed by atoms with E-state index in [0.29, 0.717) is 42.9 Å². The van der Waals surface area contributed by atoms with Gasteiger partial charge in [0.05, 0.1) is 23.5 Å². The zero-order valence-corrected chi connectivity index (χ0v) is 23.6.